The van der Waals surface area contributed by atoms with Crippen LogP contribution in [0.4, 0.5) is 0 Å². The van der Waals surface area contributed by atoms with Crippen LogP contribution in [0.15, 0.2) is 0 Å². The molecule has 2 heteroatoms. The summed E-state index contributed by atoms with van der Waals surface area (Å²) in [6.07, 6.45) is 4.23. The van der Waals surface area contributed by atoms with Gasteiger partial charge in [0, 0.05) is 0 Å². The average Bonchev–Trinajstić information content (AvgIpc) is 1.90. The number of hydrogen-bond acceptors (Lipinski definition) is 1. The first-order chi connectivity index (χ1) is 4.33. The van der Waals surface area contributed by atoms with Gasteiger partial charge in [0.2, 0.25) is 0 Å². The van der Waals surface area contributed by atoms with Gasteiger partial charge in [-0.3, -0.25) is 0 Å². The highest BCUT2D eigenvalue weighted by Gasteiger charge is 2.13. The quantitative estimate of drug-likeness (QED) is 0.465. The van der Waals surface area contributed by atoms with Crippen molar-refractivity contribution in [3.63, 3.8) is 0 Å². The van der Waals surface area contributed by atoms with Gasteiger partial charge < -0.3 is 4.81 Å². The van der Waals surface area contributed by atoms with Gasteiger partial charge >= 0.3 is 0 Å². The fourth-order valence-corrected chi connectivity index (χ4v) is 1.47. The molecular weight excluding hydrogens is 109 g/mol. The predicted octanol–water partition coefficient (Wildman–Crippen LogP) is 0.656. The molecule has 0 spiro atoms. The summed E-state index contributed by atoms with van der Waals surface area (Å²) in [7, 11) is 2.21. The molecular formula is C7H16BN. The first-order valence-corrected chi connectivity index (χ1v) is 4.01. The highest BCUT2D eigenvalue weighted by molar-refractivity contribution is 6.04. The summed E-state index contributed by atoms with van der Waals surface area (Å²) in [5.74, 6) is 1.03. The molecule has 0 aromatic carbocycles. The Balaban J connectivity index is 2.18. The Labute approximate surface area is 58.9 Å². The standard InChI is InChI=1S/C7H16BN/c1-2-7-3-5-9(8)6-4-7/h7H,2-6,8H2,1H3. The third-order valence-electron chi connectivity index (χ3n) is 2.42. The minimum Gasteiger partial charge on any atom is -0.349 e. The number of piperidine rings is 1. The van der Waals surface area contributed by atoms with Crippen molar-refractivity contribution < 1.29 is 0 Å². The molecule has 1 aliphatic rings. The maximum atomic E-state index is 2.42. The van der Waals surface area contributed by atoms with E-state index < -0.39 is 0 Å². The Morgan fingerprint density at radius 1 is 1.44 bits per heavy atom. The summed E-state index contributed by atoms with van der Waals surface area (Å²) >= 11 is 0. The Morgan fingerprint density at radius 3 is 2.44 bits per heavy atom. The first kappa shape index (κ1) is 7.14. The molecule has 0 aliphatic carbocycles. The van der Waals surface area contributed by atoms with Crippen molar-refractivity contribution in [1.29, 1.82) is 0 Å². The molecule has 52 valence electrons. The maximum absolute atomic E-state index is 2.42. The van der Waals surface area contributed by atoms with Gasteiger partial charge in [-0.1, -0.05) is 13.3 Å². The summed E-state index contributed by atoms with van der Waals surface area (Å²) < 4.78 is 0. The molecule has 0 radical (unpaired) electrons. The smallest absolute Gasteiger partial charge is 0.185 e. The zero-order valence-electron chi connectivity index (χ0n) is 6.56. The summed E-state index contributed by atoms with van der Waals surface area (Å²) in [5.41, 5.74) is 0. The lowest BCUT2D eigenvalue weighted by molar-refractivity contribution is 0.277. The van der Waals surface area contributed by atoms with Crippen LogP contribution in [-0.2, 0) is 0 Å². The molecule has 1 nitrogen and oxygen atoms in total. The highest BCUT2D eigenvalue weighted by atomic mass is 15.0. The van der Waals surface area contributed by atoms with E-state index in [0.29, 0.717) is 0 Å². The zero-order valence-corrected chi connectivity index (χ0v) is 6.56. The largest absolute Gasteiger partial charge is 0.349 e. The Morgan fingerprint density at radius 2 is 2.00 bits per heavy atom. The third-order valence-corrected chi connectivity index (χ3v) is 2.42. The van der Waals surface area contributed by atoms with Gasteiger partial charge in [-0.15, -0.1) is 0 Å². The molecule has 0 aromatic heterocycles. The van der Waals surface area contributed by atoms with Gasteiger partial charge in [0.1, 0.15) is 0 Å². The van der Waals surface area contributed by atoms with Crippen molar-refractivity contribution in [3.8, 4) is 0 Å². The van der Waals surface area contributed by atoms with E-state index in [1.807, 2.05) is 0 Å². The highest BCUT2D eigenvalue weighted by Crippen LogP contribution is 2.17. The molecule has 1 aliphatic heterocycles. The normalized spacial score (nSPS) is 24.6. The van der Waals surface area contributed by atoms with Crippen LogP contribution >= 0.6 is 0 Å². The van der Waals surface area contributed by atoms with E-state index in [0.717, 1.165) is 5.92 Å². The monoisotopic (exact) mass is 125 g/mol. The lowest BCUT2D eigenvalue weighted by Gasteiger charge is -2.28. The van der Waals surface area contributed by atoms with Crippen molar-refractivity contribution in [2.45, 2.75) is 26.2 Å². The minimum absolute atomic E-state index is 1.03. The molecule has 0 N–H and O–H groups in total. The van der Waals surface area contributed by atoms with E-state index in [4.69, 9.17) is 0 Å². The first-order valence-electron chi connectivity index (χ1n) is 4.01. The van der Waals surface area contributed by atoms with Crippen molar-refractivity contribution in [2.24, 2.45) is 5.92 Å². The minimum atomic E-state index is 1.03. The van der Waals surface area contributed by atoms with Crippen LogP contribution in [0.5, 0.6) is 0 Å². The van der Waals surface area contributed by atoms with Crippen LogP contribution in [-0.4, -0.2) is 25.9 Å². The molecule has 9 heavy (non-hydrogen) atoms. The van der Waals surface area contributed by atoms with E-state index >= 15 is 0 Å². The molecule has 0 saturated carbocycles. The van der Waals surface area contributed by atoms with Crippen LogP contribution in [0, 0.1) is 5.92 Å². The summed E-state index contributed by atoms with van der Waals surface area (Å²) in [6.45, 7) is 4.94. The van der Waals surface area contributed by atoms with E-state index in [1.54, 1.807) is 0 Å². The van der Waals surface area contributed by atoms with E-state index in [9.17, 15) is 0 Å². The van der Waals surface area contributed by atoms with E-state index in [-0.39, 0.29) is 0 Å². The summed E-state index contributed by atoms with van der Waals surface area (Å²) in [5, 5.41) is 0. The predicted molar refractivity (Wildman–Crippen MR) is 43.1 cm³/mol. The van der Waals surface area contributed by atoms with Crippen molar-refractivity contribution in [2.75, 3.05) is 13.1 Å². The van der Waals surface area contributed by atoms with Gasteiger partial charge in [0.25, 0.3) is 0 Å². The summed E-state index contributed by atoms with van der Waals surface area (Å²) in [6, 6.07) is 0. The molecule has 1 heterocycles. The second-order valence-corrected chi connectivity index (χ2v) is 3.15. The fraction of sp³-hybridized carbons (Fsp3) is 1.00. The average molecular weight is 125 g/mol. The second kappa shape index (κ2) is 3.26. The van der Waals surface area contributed by atoms with Crippen molar-refractivity contribution in [3.05, 3.63) is 0 Å². The maximum Gasteiger partial charge on any atom is 0.185 e. The number of rotatable bonds is 1. The molecule has 1 fully saturated rings. The Hall–Kier alpha value is 0.0249. The van der Waals surface area contributed by atoms with Gasteiger partial charge in [-0.05, 0) is 31.8 Å². The van der Waals surface area contributed by atoms with E-state index in [1.165, 1.54) is 32.4 Å². The Bertz CT molecular complexity index is 77.0. The van der Waals surface area contributed by atoms with Gasteiger partial charge in [0.15, 0.2) is 7.98 Å². The summed E-state index contributed by atoms with van der Waals surface area (Å²) in [4.78, 5) is 2.42. The molecule has 1 rings (SSSR count). The SMILES string of the molecule is BN1CCC(CC)CC1. The van der Waals surface area contributed by atoms with Gasteiger partial charge in [-0.25, -0.2) is 0 Å². The Kier molecular flexibility index (Phi) is 2.58. The lowest BCUT2D eigenvalue weighted by Crippen LogP contribution is -2.31. The van der Waals surface area contributed by atoms with Gasteiger partial charge in [0.05, 0.1) is 0 Å². The second-order valence-electron chi connectivity index (χ2n) is 3.15. The molecule has 0 amide bonds. The van der Waals surface area contributed by atoms with E-state index in [2.05, 4.69) is 19.7 Å². The zero-order chi connectivity index (χ0) is 6.69. The lowest BCUT2D eigenvalue weighted by atomic mass is 9.93. The van der Waals surface area contributed by atoms with Crippen LogP contribution < -0.4 is 0 Å². The number of nitrogens with zero attached hydrogens (tertiary/aromatic N) is 1. The molecule has 0 bridgehead atoms. The van der Waals surface area contributed by atoms with Crippen LogP contribution in [0.3, 0.4) is 0 Å². The van der Waals surface area contributed by atoms with Crippen molar-refractivity contribution >= 4 is 7.98 Å². The molecule has 1 saturated heterocycles. The van der Waals surface area contributed by atoms with Crippen LogP contribution in [0.1, 0.15) is 26.2 Å². The molecule has 0 unspecified atom stereocenters. The van der Waals surface area contributed by atoms with Gasteiger partial charge in [-0.2, -0.15) is 0 Å². The fourth-order valence-electron chi connectivity index (χ4n) is 1.47. The van der Waals surface area contributed by atoms with Crippen LogP contribution in [0.25, 0.3) is 0 Å². The van der Waals surface area contributed by atoms with Crippen LogP contribution in [0.2, 0.25) is 0 Å². The number of hydrogen-bond donors (Lipinski definition) is 0. The molecule has 0 aromatic rings. The molecule has 0 atom stereocenters. The van der Waals surface area contributed by atoms with Crippen molar-refractivity contribution in [1.82, 2.24) is 4.81 Å². The third kappa shape index (κ3) is 2.01. The topological polar surface area (TPSA) is 3.24 Å².